The summed E-state index contributed by atoms with van der Waals surface area (Å²) in [7, 11) is 0. The molecule has 2 aromatic rings. The quantitative estimate of drug-likeness (QED) is 0.894. The number of halogens is 3. The van der Waals surface area contributed by atoms with E-state index in [-0.39, 0.29) is 11.5 Å². The molecule has 6 nitrogen and oxygen atoms in total. The van der Waals surface area contributed by atoms with Crippen LogP contribution in [0.5, 0.6) is 0 Å². The number of carbonyl (C=O) groups excluding carboxylic acids is 1. The molecule has 0 radical (unpaired) electrons. The van der Waals surface area contributed by atoms with Crippen LogP contribution in [0.15, 0.2) is 6.07 Å². The minimum absolute atomic E-state index is 0.272. The van der Waals surface area contributed by atoms with Crippen LogP contribution >= 0.6 is 0 Å². The van der Waals surface area contributed by atoms with E-state index in [1.165, 1.54) is 13.0 Å². The molecule has 0 fully saturated rings. The van der Waals surface area contributed by atoms with Gasteiger partial charge in [0.2, 0.25) is 0 Å². The van der Waals surface area contributed by atoms with Crippen LogP contribution in [0.25, 0.3) is 0 Å². The van der Waals surface area contributed by atoms with Gasteiger partial charge in [-0.25, -0.2) is 0 Å². The summed E-state index contributed by atoms with van der Waals surface area (Å²) in [5.74, 6) is 1.43. The number of carbonyl (C=O) groups is 1. The second kappa shape index (κ2) is 6.53. The van der Waals surface area contributed by atoms with Gasteiger partial charge in [0.15, 0.2) is 0 Å². The maximum absolute atomic E-state index is 12.6. The molecule has 3 heterocycles. The van der Waals surface area contributed by atoms with Crippen molar-refractivity contribution < 1.29 is 18.0 Å². The Morgan fingerprint density at radius 2 is 2.08 bits per heavy atom. The summed E-state index contributed by atoms with van der Waals surface area (Å²) < 4.78 is 41.1. The minimum Gasteiger partial charge on any atom is -0.352 e. The van der Waals surface area contributed by atoms with Gasteiger partial charge < -0.3 is 14.5 Å². The van der Waals surface area contributed by atoms with Crippen molar-refractivity contribution in [3.8, 4) is 0 Å². The summed E-state index contributed by atoms with van der Waals surface area (Å²) >= 11 is 0. The molecule has 9 heteroatoms. The van der Waals surface area contributed by atoms with Crippen molar-refractivity contribution in [1.82, 2.24) is 24.6 Å². The maximum Gasteiger partial charge on any atom is 0.406 e. The van der Waals surface area contributed by atoms with Crippen LogP contribution < -0.4 is 5.32 Å². The van der Waals surface area contributed by atoms with Gasteiger partial charge in [-0.05, 0) is 26.3 Å². The van der Waals surface area contributed by atoms with E-state index in [9.17, 15) is 18.0 Å². The van der Waals surface area contributed by atoms with Crippen LogP contribution in [0.2, 0.25) is 0 Å². The lowest BCUT2D eigenvalue weighted by Crippen LogP contribution is -2.27. The van der Waals surface area contributed by atoms with E-state index < -0.39 is 12.7 Å². The van der Waals surface area contributed by atoms with Gasteiger partial charge in [0.05, 0.1) is 5.56 Å². The molecule has 0 saturated heterocycles. The Kier molecular flexibility index (Phi) is 4.57. The summed E-state index contributed by atoms with van der Waals surface area (Å²) in [5.41, 5.74) is 0.999. The fourth-order valence-corrected chi connectivity index (χ4v) is 3.23. The lowest BCUT2D eigenvalue weighted by atomic mass is 10.2. The fourth-order valence-electron chi connectivity index (χ4n) is 3.23. The molecule has 0 spiro atoms. The lowest BCUT2D eigenvalue weighted by Gasteiger charge is -2.12. The Bertz CT molecular complexity index is 791. The van der Waals surface area contributed by atoms with Crippen molar-refractivity contribution in [3.05, 3.63) is 34.7 Å². The van der Waals surface area contributed by atoms with E-state index >= 15 is 0 Å². The van der Waals surface area contributed by atoms with E-state index in [0.717, 1.165) is 35.6 Å². The molecule has 1 aliphatic heterocycles. The number of rotatable bonds is 5. The molecule has 1 amide bonds. The number of aryl methyl sites for hydroxylation is 2. The van der Waals surface area contributed by atoms with Crippen molar-refractivity contribution in [2.24, 2.45) is 0 Å². The van der Waals surface area contributed by atoms with Gasteiger partial charge in [0.25, 0.3) is 5.91 Å². The zero-order valence-corrected chi connectivity index (χ0v) is 14.2. The predicted octanol–water partition coefficient (Wildman–Crippen LogP) is 2.18. The van der Waals surface area contributed by atoms with E-state index in [4.69, 9.17) is 0 Å². The van der Waals surface area contributed by atoms with Crippen LogP contribution in [-0.4, -0.2) is 38.0 Å². The highest BCUT2D eigenvalue weighted by Crippen LogP contribution is 2.23. The summed E-state index contributed by atoms with van der Waals surface area (Å²) in [5, 5.41) is 11.0. The average Bonchev–Trinajstić information content (AvgIpc) is 3.18. The average molecular weight is 355 g/mol. The van der Waals surface area contributed by atoms with E-state index in [1.54, 1.807) is 6.92 Å². The van der Waals surface area contributed by atoms with Crippen LogP contribution in [0.4, 0.5) is 13.2 Å². The normalized spacial score (nSPS) is 14.0. The monoisotopic (exact) mass is 355 g/mol. The number of nitrogens with zero attached hydrogens (tertiary/aromatic N) is 4. The molecule has 2 aromatic heterocycles. The highest BCUT2D eigenvalue weighted by Gasteiger charge is 2.30. The van der Waals surface area contributed by atoms with E-state index in [1.807, 2.05) is 0 Å². The number of aromatic nitrogens is 4. The van der Waals surface area contributed by atoms with E-state index in [2.05, 4.69) is 20.1 Å². The van der Waals surface area contributed by atoms with Crippen molar-refractivity contribution in [3.63, 3.8) is 0 Å². The highest BCUT2D eigenvalue weighted by molar-refractivity contribution is 5.95. The van der Waals surface area contributed by atoms with Gasteiger partial charge in [-0.15, -0.1) is 10.2 Å². The molecular weight excluding hydrogens is 335 g/mol. The predicted molar refractivity (Wildman–Crippen MR) is 84.3 cm³/mol. The number of nitrogens with one attached hydrogen (secondary N) is 1. The molecule has 1 aliphatic rings. The van der Waals surface area contributed by atoms with Crippen molar-refractivity contribution in [1.29, 1.82) is 0 Å². The Morgan fingerprint density at radius 3 is 2.80 bits per heavy atom. The van der Waals surface area contributed by atoms with Gasteiger partial charge in [0.1, 0.15) is 18.2 Å². The van der Waals surface area contributed by atoms with Crippen LogP contribution in [-0.2, 0) is 25.9 Å². The molecule has 0 aromatic carbocycles. The Hall–Kier alpha value is -2.32. The standard InChI is InChI=1S/C16H20F3N5O/c1-10-8-12(11(2)24(10)9-16(17,18)19)15(25)20-6-5-14-22-21-13-4-3-7-23(13)14/h8H,3-7,9H2,1-2H3,(H,20,25). The molecular formula is C16H20F3N5O. The van der Waals surface area contributed by atoms with Crippen molar-refractivity contribution in [2.45, 2.75) is 52.4 Å². The zero-order valence-electron chi connectivity index (χ0n) is 14.2. The van der Waals surface area contributed by atoms with Crippen LogP contribution in [0, 0.1) is 13.8 Å². The van der Waals surface area contributed by atoms with Crippen molar-refractivity contribution >= 4 is 5.91 Å². The Balaban J connectivity index is 1.62. The number of hydrogen-bond donors (Lipinski definition) is 1. The van der Waals surface area contributed by atoms with Gasteiger partial charge in [-0.3, -0.25) is 4.79 Å². The van der Waals surface area contributed by atoms with E-state index in [0.29, 0.717) is 24.4 Å². The first kappa shape index (κ1) is 17.5. The number of alkyl halides is 3. The number of hydrogen-bond acceptors (Lipinski definition) is 3. The molecule has 25 heavy (non-hydrogen) atoms. The van der Waals surface area contributed by atoms with Gasteiger partial charge in [0, 0.05) is 37.3 Å². The first-order valence-corrected chi connectivity index (χ1v) is 8.19. The first-order valence-electron chi connectivity index (χ1n) is 8.19. The summed E-state index contributed by atoms with van der Waals surface area (Å²) in [4.78, 5) is 12.3. The summed E-state index contributed by atoms with van der Waals surface area (Å²) in [6, 6.07) is 1.49. The topological polar surface area (TPSA) is 64.7 Å². The molecule has 136 valence electrons. The molecule has 3 rings (SSSR count). The third kappa shape index (κ3) is 3.69. The first-order chi connectivity index (χ1) is 11.8. The molecule has 0 aliphatic carbocycles. The molecule has 0 bridgehead atoms. The summed E-state index contributed by atoms with van der Waals surface area (Å²) in [6.45, 7) is 3.25. The SMILES string of the molecule is Cc1cc(C(=O)NCCc2nnc3n2CCC3)c(C)n1CC(F)(F)F. The minimum atomic E-state index is -4.32. The number of amides is 1. The van der Waals surface area contributed by atoms with Gasteiger partial charge >= 0.3 is 6.18 Å². The third-order valence-corrected chi connectivity index (χ3v) is 4.48. The largest absolute Gasteiger partial charge is 0.406 e. The lowest BCUT2D eigenvalue weighted by molar-refractivity contribution is -0.141. The second-order valence-corrected chi connectivity index (χ2v) is 6.28. The molecule has 0 unspecified atom stereocenters. The van der Waals surface area contributed by atoms with Crippen LogP contribution in [0.3, 0.4) is 0 Å². The van der Waals surface area contributed by atoms with Gasteiger partial charge in [-0.1, -0.05) is 0 Å². The maximum atomic E-state index is 12.6. The molecule has 0 atom stereocenters. The zero-order chi connectivity index (χ0) is 18.2. The third-order valence-electron chi connectivity index (χ3n) is 4.48. The number of fused-ring (bicyclic) bond motifs is 1. The Labute approximate surface area is 143 Å². The fraction of sp³-hybridized carbons (Fsp3) is 0.562. The smallest absolute Gasteiger partial charge is 0.352 e. The van der Waals surface area contributed by atoms with Crippen molar-refractivity contribution in [2.75, 3.05) is 6.54 Å². The Morgan fingerprint density at radius 1 is 1.32 bits per heavy atom. The second-order valence-electron chi connectivity index (χ2n) is 6.28. The molecule has 1 N–H and O–H groups in total. The van der Waals surface area contributed by atoms with Gasteiger partial charge in [-0.2, -0.15) is 13.2 Å². The highest BCUT2D eigenvalue weighted by atomic mass is 19.4. The van der Waals surface area contributed by atoms with Crippen LogP contribution in [0.1, 0.15) is 39.8 Å². The molecule has 0 saturated carbocycles. The summed E-state index contributed by atoms with van der Waals surface area (Å²) in [6.07, 6.45) is -1.81.